The maximum Gasteiger partial charge on any atom is 0.273 e. The summed E-state index contributed by atoms with van der Waals surface area (Å²) in [5.74, 6) is 1.36. The number of halogens is 2. The first-order valence-corrected chi connectivity index (χ1v) is 12.6. The van der Waals surface area contributed by atoms with Crippen LogP contribution in [0.1, 0.15) is 55.4 Å². The number of aromatic nitrogens is 2. The molecule has 1 aromatic heterocycles. The molecule has 4 rings (SSSR count). The van der Waals surface area contributed by atoms with Crippen molar-refractivity contribution in [2.24, 2.45) is 0 Å². The zero-order chi connectivity index (χ0) is 26.7. The van der Waals surface area contributed by atoms with Crippen LogP contribution in [0, 0.1) is 0 Å². The van der Waals surface area contributed by atoms with E-state index >= 15 is 0 Å². The van der Waals surface area contributed by atoms with E-state index in [1.54, 1.807) is 28.9 Å². The lowest BCUT2D eigenvalue weighted by Gasteiger charge is -2.34. The Morgan fingerprint density at radius 3 is 2.27 bits per heavy atom. The second-order valence-corrected chi connectivity index (χ2v) is 9.70. The van der Waals surface area contributed by atoms with Gasteiger partial charge in [0, 0.05) is 50.7 Å². The van der Waals surface area contributed by atoms with Gasteiger partial charge in [-0.05, 0) is 38.5 Å². The second-order valence-electron chi connectivity index (χ2n) is 9.70. The Bertz CT molecular complexity index is 1120. The van der Waals surface area contributed by atoms with Crippen LogP contribution >= 0.6 is 0 Å². The van der Waals surface area contributed by atoms with E-state index in [-0.39, 0.29) is 23.9 Å². The van der Waals surface area contributed by atoms with Crippen molar-refractivity contribution in [2.45, 2.75) is 52.4 Å². The maximum absolute atomic E-state index is 13.2. The number of piperazine rings is 1. The molecule has 2 aliphatic heterocycles. The van der Waals surface area contributed by atoms with Crippen LogP contribution < -0.4 is 15.0 Å². The maximum atomic E-state index is 13.2. The van der Waals surface area contributed by atoms with Crippen LogP contribution in [0.15, 0.2) is 24.3 Å². The van der Waals surface area contributed by atoms with Gasteiger partial charge in [0.2, 0.25) is 11.9 Å². The molecule has 1 fully saturated rings. The number of benzene rings is 1. The highest BCUT2D eigenvalue weighted by atomic mass is 19.1. The Balaban J connectivity index is 1.58. The van der Waals surface area contributed by atoms with Gasteiger partial charge in [-0.25, -0.2) is 13.8 Å². The molecule has 0 aliphatic carbocycles. The molecule has 1 atom stereocenters. The SMILES string of the molecule is CC(=O)N1CCN(c2nc(N[C@@H](C)c3ccc(OC(CF)CF)cc3)c3c(n2)C(=O)N(C(C)C)C3)CC1. The summed E-state index contributed by atoms with van der Waals surface area (Å²) in [5, 5.41) is 3.45. The molecule has 0 saturated carbocycles. The first-order valence-electron chi connectivity index (χ1n) is 12.6. The summed E-state index contributed by atoms with van der Waals surface area (Å²) in [7, 11) is 0. The lowest BCUT2D eigenvalue weighted by atomic mass is 10.1. The minimum Gasteiger partial charge on any atom is -0.485 e. The van der Waals surface area contributed by atoms with E-state index in [1.807, 2.05) is 37.8 Å². The fraction of sp³-hybridized carbons (Fsp3) is 0.538. The van der Waals surface area contributed by atoms with Crippen LogP contribution in [0.25, 0.3) is 0 Å². The van der Waals surface area contributed by atoms with Crippen molar-refractivity contribution in [3.05, 3.63) is 41.1 Å². The molecule has 11 heteroatoms. The summed E-state index contributed by atoms with van der Waals surface area (Å²) in [5.41, 5.74) is 2.07. The molecule has 1 aromatic carbocycles. The van der Waals surface area contributed by atoms with Gasteiger partial charge in [-0.15, -0.1) is 0 Å². The van der Waals surface area contributed by atoms with Crippen molar-refractivity contribution in [3.8, 4) is 5.75 Å². The van der Waals surface area contributed by atoms with E-state index < -0.39 is 19.5 Å². The molecule has 2 aromatic rings. The van der Waals surface area contributed by atoms with Crippen molar-refractivity contribution in [1.29, 1.82) is 0 Å². The normalized spacial score (nSPS) is 16.4. The molecule has 9 nitrogen and oxygen atoms in total. The average Bonchev–Trinajstić information content (AvgIpc) is 3.24. The number of nitrogens with one attached hydrogen (secondary N) is 1. The number of carbonyl (C=O) groups excluding carboxylic acids is 2. The number of hydrogen-bond donors (Lipinski definition) is 1. The number of alkyl halides is 2. The van der Waals surface area contributed by atoms with Gasteiger partial charge in [0.1, 0.15) is 30.6 Å². The minimum atomic E-state index is -1.11. The number of hydrogen-bond acceptors (Lipinski definition) is 7. The number of amides is 2. The summed E-state index contributed by atoms with van der Waals surface area (Å²) in [6, 6.07) is 6.85. The number of fused-ring (bicyclic) bond motifs is 1. The molecule has 2 amide bonds. The molecule has 0 bridgehead atoms. The first-order chi connectivity index (χ1) is 17.7. The van der Waals surface area contributed by atoms with Crippen molar-refractivity contribution in [3.63, 3.8) is 0 Å². The third-order valence-electron chi connectivity index (χ3n) is 6.80. The molecular formula is C26H34F2N6O3. The van der Waals surface area contributed by atoms with E-state index in [9.17, 15) is 18.4 Å². The van der Waals surface area contributed by atoms with Gasteiger partial charge in [0.15, 0.2) is 6.10 Å². The van der Waals surface area contributed by atoms with E-state index in [0.717, 1.165) is 11.1 Å². The van der Waals surface area contributed by atoms with Crippen LogP contribution in [-0.2, 0) is 11.3 Å². The monoisotopic (exact) mass is 516 g/mol. The van der Waals surface area contributed by atoms with Crippen molar-refractivity contribution in [1.82, 2.24) is 19.8 Å². The zero-order valence-electron chi connectivity index (χ0n) is 21.7. The van der Waals surface area contributed by atoms with Gasteiger partial charge in [0.05, 0.1) is 6.54 Å². The van der Waals surface area contributed by atoms with E-state index in [2.05, 4.69) is 10.3 Å². The summed E-state index contributed by atoms with van der Waals surface area (Å²) >= 11 is 0. The fourth-order valence-electron chi connectivity index (χ4n) is 4.50. The third-order valence-corrected chi connectivity index (χ3v) is 6.80. The lowest BCUT2D eigenvalue weighted by molar-refractivity contribution is -0.129. The van der Waals surface area contributed by atoms with Crippen LogP contribution in [0.2, 0.25) is 0 Å². The number of rotatable bonds is 9. The first kappa shape index (κ1) is 26.6. The van der Waals surface area contributed by atoms with Gasteiger partial charge in [-0.2, -0.15) is 4.98 Å². The molecule has 2 aliphatic rings. The molecule has 1 N–H and O–H groups in total. The van der Waals surface area contributed by atoms with E-state index in [4.69, 9.17) is 9.72 Å². The number of ether oxygens (including phenoxy) is 1. The number of carbonyl (C=O) groups is 2. The summed E-state index contributed by atoms with van der Waals surface area (Å²) in [6.07, 6.45) is -1.11. The summed E-state index contributed by atoms with van der Waals surface area (Å²) in [4.78, 5) is 39.9. The predicted molar refractivity (Wildman–Crippen MR) is 136 cm³/mol. The Morgan fingerprint density at radius 1 is 1.05 bits per heavy atom. The van der Waals surface area contributed by atoms with Crippen molar-refractivity contribution in [2.75, 3.05) is 49.7 Å². The number of nitrogens with zero attached hydrogens (tertiary/aromatic N) is 5. The molecule has 0 radical (unpaired) electrons. The number of anilines is 2. The van der Waals surface area contributed by atoms with Crippen LogP contribution in [0.5, 0.6) is 5.75 Å². The molecule has 0 unspecified atom stereocenters. The van der Waals surface area contributed by atoms with Crippen LogP contribution in [0.4, 0.5) is 20.5 Å². The standard InChI is InChI=1S/C26H34F2N6O3/c1-16(2)34-15-22-23(25(34)36)30-26(33-11-9-32(10-12-33)18(4)35)31-24(22)29-17(3)19-5-7-20(8-6-19)37-21(13-27)14-28/h5-8,16-17,21H,9-15H2,1-4H3,(H,29,30,31)/t17-/m0/s1. The molecular weight excluding hydrogens is 482 g/mol. The highest BCUT2D eigenvalue weighted by Gasteiger charge is 2.35. The molecule has 200 valence electrons. The summed E-state index contributed by atoms with van der Waals surface area (Å²) < 4.78 is 30.9. The van der Waals surface area contributed by atoms with Crippen LogP contribution in [-0.4, -0.2) is 83.3 Å². The Kier molecular flexibility index (Phi) is 8.09. The third kappa shape index (κ3) is 5.75. The van der Waals surface area contributed by atoms with Crippen LogP contribution in [0.3, 0.4) is 0 Å². The Morgan fingerprint density at radius 2 is 1.70 bits per heavy atom. The van der Waals surface area contributed by atoms with Gasteiger partial charge in [0.25, 0.3) is 5.91 Å². The highest BCUT2D eigenvalue weighted by Crippen LogP contribution is 2.33. The average molecular weight is 517 g/mol. The van der Waals surface area contributed by atoms with Crippen molar-refractivity contribution < 1.29 is 23.1 Å². The second kappa shape index (κ2) is 11.3. The van der Waals surface area contributed by atoms with Gasteiger partial charge < -0.3 is 24.8 Å². The zero-order valence-corrected chi connectivity index (χ0v) is 21.7. The van der Waals surface area contributed by atoms with Gasteiger partial charge in [-0.3, -0.25) is 9.59 Å². The smallest absolute Gasteiger partial charge is 0.273 e. The lowest BCUT2D eigenvalue weighted by Crippen LogP contribution is -2.48. The van der Waals surface area contributed by atoms with E-state index in [0.29, 0.717) is 55.9 Å². The quantitative estimate of drug-likeness (QED) is 0.547. The molecule has 37 heavy (non-hydrogen) atoms. The highest BCUT2D eigenvalue weighted by molar-refractivity contribution is 5.98. The molecule has 0 spiro atoms. The van der Waals surface area contributed by atoms with Gasteiger partial charge in [-0.1, -0.05) is 12.1 Å². The largest absolute Gasteiger partial charge is 0.485 e. The minimum absolute atomic E-state index is 0.0135. The molecule has 1 saturated heterocycles. The Labute approximate surface area is 215 Å². The fourth-order valence-corrected chi connectivity index (χ4v) is 4.50. The Hall–Kier alpha value is -3.50. The summed E-state index contributed by atoms with van der Waals surface area (Å²) in [6.45, 7) is 8.39. The molecule has 3 heterocycles. The predicted octanol–water partition coefficient (Wildman–Crippen LogP) is 3.37. The topological polar surface area (TPSA) is 90.9 Å². The van der Waals surface area contributed by atoms with E-state index in [1.165, 1.54) is 0 Å². The van der Waals surface area contributed by atoms with Gasteiger partial charge >= 0.3 is 0 Å². The van der Waals surface area contributed by atoms with Crippen molar-refractivity contribution >= 4 is 23.6 Å².